The number of benzene rings is 1. The second-order valence-electron chi connectivity index (χ2n) is 4.64. The van der Waals surface area contributed by atoms with Crippen molar-refractivity contribution in [3.05, 3.63) is 65.1 Å². The number of amides is 1. The normalized spacial score (nSPS) is 11.1. The number of anilines is 1. The predicted octanol–water partition coefficient (Wildman–Crippen LogP) is 4.09. The van der Waals surface area contributed by atoms with Gasteiger partial charge in [0, 0.05) is 17.7 Å². The standard InChI is InChI=1S/C17H10FN3O2S/c18-14-4-2-1-3-13(14)15-6-5-12(23-15)9-11(10-19)16(22)21-17-20-7-8-24-17/h1-9H,(H,20,21,22)/b11-9-. The van der Waals surface area contributed by atoms with Crippen LogP contribution in [0.1, 0.15) is 5.76 Å². The van der Waals surface area contributed by atoms with Gasteiger partial charge >= 0.3 is 0 Å². The number of carbonyl (C=O) groups excluding carboxylic acids is 1. The fraction of sp³-hybridized carbons (Fsp3) is 0. The SMILES string of the molecule is N#C/C(=C/c1ccc(-c2ccccc2F)o1)C(=O)Nc1nccs1. The van der Waals surface area contributed by atoms with Crippen LogP contribution in [0.25, 0.3) is 17.4 Å². The second-order valence-corrected chi connectivity index (χ2v) is 5.54. The van der Waals surface area contributed by atoms with E-state index in [1.165, 1.54) is 23.5 Å². The van der Waals surface area contributed by atoms with Crippen molar-refractivity contribution in [3.8, 4) is 17.4 Å². The number of hydrogen-bond donors (Lipinski definition) is 1. The zero-order valence-electron chi connectivity index (χ0n) is 12.2. The molecule has 0 aliphatic heterocycles. The highest BCUT2D eigenvalue weighted by atomic mass is 32.1. The molecule has 2 aromatic heterocycles. The van der Waals surface area contributed by atoms with Gasteiger partial charge in [0.1, 0.15) is 29.0 Å². The average Bonchev–Trinajstić information content (AvgIpc) is 3.24. The summed E-state index contributed by atoms with van der Waals surface area (Å²) < 4.78 is 19.3. The lowest BCUT2D eigenvalue weighted by atomic mass is 10.1. The zero-order chi connectivity index (χ0) is 16.9. The summed E-state index contributed by atoms with van der Waals surface area (Å²) in [4.78, 5) is 16.0. The maximum Gasteiger partial charge on any atom is 0.268 e. The Morgan fingerprint density at radius 2 is 2.17 bits per heavy atom. The molecule has 2 heterocycles. The van der Waals surface area contributed by atoms with Crippen LogP contribution < -0.4 is 5.32 Å². The lowest BCUT2D eigenvalue weighted by molar-refractivity contribution is -0.112. The van der Waals surface area contributed by atoms with Gasteiger partial charge in [-0.25, -0.2) is 9.37 Å². The van der Waals surface area contributed by atoms with Gasteiger partial charge in [0.2, 0.25) is 0 Å². The van der Waals surface area contributed by atoms with Crippen LogP contribution in [0.2, 0.25) is 0 Å². The number of furan rings is 1. The zero-order valence-corrected chi connectivity index (χ0v) is 13.0. The number of thiazole rings is 1. The van der Waals surface area contributed by atoms with E-state index in [4.69, 9.17) is 9.68 Å². The van der Waals surface area contributed by atoms with Gasteiger partial charge in [0.25, 0.3) is 5.91 Å². The Balaban J connectivity index is 1.83. The molecule has 0 aliphatic carbocycles. The van der Waals surface area contributed by atoms with Gasteiger partial charge in [-0.05, 0) is 24.3 Å². The Morgan fingerprint density at radius 1 is 1.33 bits per heavy atom. The average molecular weight is 339 g/mol. The van der Waals surface area contributed by atoms with E-state index in [1.54, 1.807) is 41.9 Å². The maximum atomic E-state index is 13.8. The molecule has 1 aromatic carbocycles. The molecule has 3 aromatic rings. The molecule has 0 bridgehead atoms. The Kier molecular flexibility index (Phi) is 4.50. The summed E-state index contributed by atoms with van der Waals surface area (Å²) in [5.41, 5.74) is 0.169. The first-order chi connectivity index (χ1) is 11.7. The lowest BCUT2D eigenvalue weighted by Crippen LogP contribution is -2.13. The van der Waals surface area contributed by atoms with E-state index >= 15 is 0 Å². The van der Waals surface area contributed by atoms with E-state index in [2.05, 4.69) is 10.3 Å². The first-order valence-corrected chi connectivity index (χ1v) is 7.72. The predicted molar refractivity (Wildman–Crippen MR) is 88.4 cm³/mol. The van der Waals surface area contributed by atoms with Crippen LogP contribution in [0.3, 0.4) is 0 Å². The summed E-state index contributed by atoms with van der Waals surface area (Å²) in [6, 6.07) is 11.2. The highest BCUT2D eigenvalue weighted by molar-refractivity contribution is 7.13. The number of aromatic nitrogens is 1. The number of hydrogen-bond acceptors (Lipinski definition) is 5. The minimum atomic E-state index is -0.587. The van der Waals surface area contributed by atoms with Gasteiger partial charge in [-0.15, -0.1) is 11.3 Å². The third kappa shape index (κ3) is 3.39. The highest BCUT2D eigenvalue weighted by Crippen LogP contribution is 2.25. The summed E-state index contributed by atoms with van der Waals surface area (Å²) in [6.07, 6.45) is 2.84. The van der Waals surface area contributed by atoms with E-state index < -0.39 is 11.7 Å². The van der Waals surface area contributed by atoms with E-state index in [0.29, 0.717) is 16.5 Å². The molecule has 0 saturated carbocycles. The number of nitrogens with zero attached hydrogens (tertiary/aromatic N) is 2. The Labute approximate surface area is 140 Å². The van der Waals surface area contributed by atoms with Crippen molar-refractivity contribution in [1.29, 1.82) is 5.26 Å². The molecule has 1 amide bonds. The molecule has 0 unspecified atom stereocenters. The quantitative estimate of drug-likeness (QED) is 0.573. The van der Waals surface area contributed by atoms with E-state index in [-0.39, 0.29) is 11.3 Å². The number of halogens is 1. The minimum absolute atomic E-state index is 0.139. The van der Waals surface area contributed by atoms with Crippen LogP contribution in [0.4, 0.5) is 9.52 Å². The Hall–Kier alpha value is -3.24. The van der Waals surface area contributed by atoms with E-state index in [0.717, 1.165) is 0 Å². The molecule has 5 nitrogen and oxygen atoms in total. The molecule has 0 spiro atoms. The van der Waals surface area contributed by atoms with Crippen LogP contribution in [-0.4, -0.2) is 10.9 Å². The van der Waals surface area contributed by atoms with Gasteiger partial charge in [-0.2, -0.15) is 5.26 Å². The summed E-state index contributed by atoms with van der Waals surface area (Å²) in [6.45, 7) is 0. The van der Waals surface area contributed by atoms with Gasteiger partial charge < -0.3 is 4.42 Å². The monoisotopic (exact) mass is 339 g/mol. The fourth-order valence-corrected chi connectivity index (χ4v) is 2.50. The van der Waals surface area contributed by atoms with Crippen molar-refractivity contribution in [2.75, 3.05) is 5.32 Å². The molecule has 3 rings (SSSR count). The van der Waals surface area contributed by atoms with Crippen LogP contribution in [-0.2, 0) is 4.79 Å². The Bertz CT molecular complexity index is 939. The van der Waals surface area contributed by atoms with Gasteiger partial charge in [-0.3, -0.25) is 10.1 Å². The molecule has 0 saturated heterocycles. The van der Waals surface area contributed by atoms with E-state index in [9.17, 15) is 9.18 Å². The number of rotatable bonds is 4. The number of nitrogens with one attached hydrogen (secondary N) is 1. The van der Waals surface area contributed by atoms with Gasteiger partial charge in [-0.1, -0.05) is 12.1 Å². The van der Waals surface area contributed by atoms with Crippen molar-refractivity contribution in [2.24, 2.45) is 0 Å². The smallest absolute Gasteiger partial charge is 0.268 e. The number of carbonyl (C=O) groups is 1. The largest absolute Gasteiger partial charge is 0.457 e. The molecule has 0 fully saturated rings. The third-order valence-corrected chi connectivity index (χ3v) is 3.76. The molecular weight excluding hydrogens is 329 g/mol. The van der Waals surface area contributed by atoms with Crippen molar-refractivity contribution >= 4 is 28.5 Å². The first kappa shape index (κ1) is 15.6. The summed E-state index contributed by atoms with van der Waals surface area (Å²) in [7, 11) is 0. The van der Waals surface area contributed by atoms with E-state index in [1.807, 2.05) is 6.07 Å². The third-order valence-electron chi connectivity index (χ3n) is 3.07. The second kappa shape index (κ2) is 6.89. The number of nitriles is 1. The van der Waals surface area contributed by atoms with Crippen LogP contribution in [0.15, 0.2) is 58.0 Å². The van der Waals surface area contributed by atoms with Crippen LogP contribution in [0.5, 0.6) is 0 Å². The van der Waals surface area contributed by atoms with Gasteiger partial charge in [0.05, 0.1) is 5.56 Å². The summed E-state index contributed by atoms with van der Waals surface area (Å²) >= 11 is 1.24. The summed E-state index contributed by atoms with van der Waals surface area (Å²) in [5.74, 6) is -0.406. The van der Waals surface area contributed by atoms with Crippen LogP contribution in [0, 0.1) is 17.1 Å². The molecule has 0 aliphatic rings. The van der Waals surface area contributed by atoms with Gasteiger partial charge in [0.15, 0.2) is 5.13 Å². The lowest BCUT2D eigenvalue weighted by Gasteiger charge is -1.99. The minimum Gasteiger partial charge on any atom is -0.457 e. The first-order valence-electron chi connectivity index (χ1n) is 6.85. The van der Waals surface area contributed by atoms with Crippen molar-refractivity contribution < 1.29 is 13.6 Å². The van der Waals surface area contributed by atoms with Crippen molar-refractivity contribution in [2.45, 2.75) is 0 Å². The molecule has 0 radical (unpaired) electrons. The Morgan fingerprint density at radius 3 is 2.88 bits per heavy atom. The topological polar surface area (TPSA) is 78.9 Å². The summed E-state index contributed by atoms with van der Waals surface area (Å²) in [5, 5.41) is 13.8. The van der Waals surface area contributed by atoms with Crippen molar-refractivity contribution in [1.82, 2.24) is 4.98 Å². The molecule has 1 N–H and O–H groups in total. The fourth-order valence-electron chi connectivity index (χ4n) is 1.98. The molecule has 118 valence electrons. The van der Waals surface area contributed by atoms with Crippen molar-refractivity contribution in [3.63, 3.8) is 0 Å². The highest BCUT2D eigenvalue weighted by Gasteiger charge is 2.13. The maximum absolute atomic E-state index is 13.8. The molecule has 24 heavy (non-hydrogen) atoms. The molecule has 7 heteroatoms. The van der Waals surface area contributed by atoms with Crippen LogP contribution >= 0.6 is 11.3 Å². The molecular formula is C17H10FN3O2S. The molecule has 0 atom stereocenters.